The number of piperazine rings is 1. The number of H-pyrrole nitrogens is 1. The average molecular weight is 358 g/mol. The van der Waals surface area contributed by atoms with Gasteiger partial charge in [0.25, 0.3) is 0 Å². The van der Waals surface area contributed by atoms with Gasteiger partial charge in [-0.25, -0.2) is 9.78 Å². The molecule has 0 saturated carbocycles. The van der Waals surface area contributed by atoms with Crippen molar-refractivity contribution < 1.29 is 9.53 Å². The third-order valence-electron chi connectivity index (χ3n) is 4.36. The number of para-hydroxylation sites is 1. The number of nitrogens with zero attached hydrogens (tertiary/aromatic N) is 4. The summed E-state index contributed by atoms with van der Waals surface area (Å²) < 4.78 is 5.74. The van der Waals surface area contributed by atoms with Crippen molar-refractivity contribution in [2.75, 3.05) is 32.8 Å². The van der Waals surface area contributed by atoms with E-state index in [-0.39, 0.29) is 6.03 Å². The quantitative estimate of drug-likeness (QED) is 0.785. The summed E-state index contributed by atoms with van der Waals surface area (Å²) in [6.45, 7) is 7.01. The molecule has 2 amide bonds. The normalized spacial score (nSPS) is 15.0. The number of ether oxygens (including phenoxy) is 1. The SMILES string of the molecule is CCCOc1ccccc1CNC(=O)N1CCN(Cc2ncn[nH]2)CC1. The molecule has 0 aliphatic carbocycles. The van der Waals surface area contributed by atoms with Gasteiger partial charge in [-0.2, -0.15) is 5.10 Å². The lowest BCUT2D eigenvalue weighted by Crippen LogP contribution is -2.51. The molecule has 0 bridgehead atoms. The number of rotatable bonds is 7. The van der Waals surface area contributed by atoms with Gasteiger partial charge in [0.05, 0.1) is 13.2 Å². The van der Waals surface area contributed by atoms with Crippen molar-refractivity contribution in [3.63, 3.8) is 0 Å². The first-order valence-electron chi connectivity index (χ1n) is 9.06. The number of benzene rings is 1. The average Bonchev–Trinajstić information content (AvgIpc) is 3.18. The monoisotopic (exact) mass is 358 g/mol. The van der Waals surface area contributed by atoms with Crippen LogP contribution in [-0.4, -0.2) is 63.8 Å². The number of hydrogen-bond donors (Lipinski definition) is 2. The van der Waals surface area contributed by atoms with E-state index in [0.29, 0.717) is 26.2 Å². The summed E-state index contributed by atoms with van der Waals surface area (Å²) in [4.78, 5) is 20.7. The van der Waals surface area contributed by atoms with Crippen LogP contribution in [0.4, 0.5) is 4.79 Å². The fourth-order valence-corrected chi connectivity index (χ4v) is 2.91. The Morgan fingerprint density at radius 1 is 1.27 bits per heavy atom. The second-order valence-corrected chi connectivity index (χ2v) is 6.31. The molecule has 2 N–H and O–H groups in total. The van der Waals surface area contributed by atoms with Gasteiger partial charge in [-0.15, -0.1) is 0 Å². The van der Waals surface area contributed by atoms with E-state index in [0.717, 1.165) is 43.2 Å². The predicted octanol–water partition coefficient (Wildman–Crippen LogP) is 1.62. The molecule has 1 saturated heterocycles. The lowest BCUT2D eigenvalue weighted by atomic mass is 10.2. The molecule has 0 unspecified atom stereocenters. The Bertz CT molecular complexity index is 683. The van der Waals surface area contributed by atoms with Gasteiger partial charge < -0.3 is 15.0 Å². The standard InChI is InChI=1S/C18H26N6O2/c1-2-11-26-16-6-4-3-5-15(16)12-19-18(25)24-9-7-23(8-10-24)13-17-20-14-21-22-17/h3-6,14H,2,7-13H2,1H3,(H,19,25)(H,20,21,22). The number of aromatic nitrogens is 3. The zero-order chi connectivity index (χ0) is 18.2. The van der Waals surface area contributed by atoms with Gasteiger partial charge in [-0.05, 0) is 12.5 Å². The highest BCUT2D eigenvalue weighted by molar-refractivity contribution is 5.74. The molecule has 3 rings (SSSR count). The van der Waals surface area contributed by atoms with Crippen molar-refractivity contribution in [1.29, 1.82) is 0 Å². The lowest BCUT2D eigenvalue weighted by molar-refractivity contribution is 0.133. The Morgan fingerprint density at radius 2 is 2.08 bits per heavy atom. The summed E-state index contributed by atoms with van der Waals surface area (Å²) in [6, 6.07) is 7.81. The van der Waals surface area contributed by atoms with Crippen LogP contribution >= 0.6 is 0 Å². The van der Waals surface area contributed by atoms with Gasteiger partial charge in [0.1, 0.15) is 17.9 Å². The van der Waals surface area contributed by atoms with Crippen molar-refractivity contribution >= 4 is 6.03 Å². The van der Waals surface area contributed by atoms with Crippen LogP contribution in [0.3, 0.4) is 0 Å². The number of amides is 2. The van der Waals surface area contributed by atoms with Gasteiger partial charge in [0.15, 0.2) is 0 Å². The second-order valence-electron chi connectivity index (χ2n) is 6.31. The van der Waals surface area contributed by atoms with Gasteiger partial charge in [-0.1, -0.05) is 25.1 Å². The molecule has 0 radical (unpaired) electrons. The number of urea groups is 1. The Balaban J connectivity index is 1.44. The number of aromatic amines is 1. The summed E-state index contributed by atoms with van der Waals surface area (Å²) in [5.41, 5.74) is 0.998. The molecule has 8 nitrogen and oxygen atoms in total. The van der Waals surface area contributed by atoms with Gasteiger partial charge in [0, 0.05) is 38.3 Å². The topological polar surface area (TPSA) is 86.4 Å². The maximum absolute atomic E-state index is 12.4. The van der Waals surface area contributed by atoms with E-state index in [9.17, 15) is 4.79 Å². The molecule has 1 aromatic carbocycles. The van der Waals surface area contributed by atoms with Crippen molar-refractivity contribution in [1.82, 2.24) is 30.3 Å². The first-order chi connectivity index (χ1) is 12.8. The third kappa shape index (κ3) is 4.95. The molecule has 1 aliphatic rings. The number of nitrogens with one attached hydrogen (secondary N) is 2. The minimum atomic E-state index is -0.0328. The van der Waals surface area contributed by atoms with Crippen LogP contribution in [0.5, 0.6) is 5.75 Å². The van der Waals surface area contributed by atoms with Crippen molar-refractivity contribution in [2.24, 2.45) is 0 Å². The highest BCUT2D eigenvalue weighted by atomic mass is 16.5. The maximum atomic E-state index is 12.4. The fraction of sp³-hybridized carbons (Fsp3) is 0.500. The summed E-state index contributed by atoms with van der Waals surface area (Å²) >= 11 is 0. The van der Waals surface area contributed by atoms with Crippen LogP contribution in [0.15, 0.2) is 30.6 Å². The summed E-state index contributed by atoms with van der Waals surface area (Å²) in [6.07, 6.45) is 2.47. The van der Waals surface area contributed by atoms with E-state index in [4.69, 9.17) is 4.74 Å². The molecule has 0 spiro atoms. The van der Waals surface area contributed by atoms with E-state index >= 15 is 0 Å². The number of hydrogen-bond acceptors (Lipinski definition) is 5. The lowest BCUT2D eigenvalue weighted by Gasteiger charge is -2.34. The van der Waals surface area contributed by atoms with Crippen molar-refractivity contribution in [3.05, 3.63) is 42.0 Å². The van der Waals surface area contributed by atoms with E-state index in [1.807, 2.05) is 29.2 Å². The zero-order valence-corrected chi connectivity index (χ0v) is 15.1. The Morgan fingerprint density at radius 3 is 2.81 bits per heavy atom. The minimum absolute atomic E-state index is 0.0328. The smallest absolute Gasteiger partial charge is 0.317 e. The fourth-order valence-electron chi connectivity index (χ4n) is 2.91. The van der Waals surface area contributed by atoms with Crippen LogP contribution in [0.1, 0.15) is 24.7 Å². The van der Waals surface area contributed by atoms with Gasteiger partial charge in [0.2, 0.25) is 0 Å². The predicted molar refractivity (Wildman–Crippen MR) is 97.7 cm³/mol. The number of carbonyl (C=O) groups excluding carboxylic acids is 1. The van der Waals surface area contributed by atoms with E-state index in [2.05, 4.69) is 32.3 Å². The third-order valence-corrected chi connectivity index (χ3v) is 4.36. The molecule has 140 valence electrons. The first kappa shape index (κ1) is 18.2. The molecule has 1 aromatic heterocycles. The summed E-state index contributed by atoms with van der Waals surface area (Å²) in [7, 11) is 0. The van der Waals surface area contributed by atoms with Gasteiger partial charge in [-0.3, -0.25) is 10.00 Å². The molecular formula is C18H26N6O2. The Kier molecular flexibility index (Phi) is 6.43. The maximum Gasteiger partial charge on any atom is 0.317 e. The van der Waals surface area contributed by atoms with E-state index in [1.165, 1.54) is 6.33 Å². The molecule has 1 fully saturated rings. The minimum Gasteiger partial charge on any atom is -0.493 e. The van der Waals surface area contributed by atoms with Crippen molar-refractivity contribution in [2.45, 2.75) is 26.4 Å². The van der Waals surface area contributed by atoms with Crippen LogP contribution < -0.4 is 10.1 Å². The highest BCUT2D eigenvalue weighted by Crippen LogP contribution is 2.18. The Labute approximate surface area is 153 Å². The van der Waals surface area contributed by atoms with E-state index in [1.54, 1.807) is 0 Å². The van der Waals surface area contributed by atoms with Crippen molar-refractivity contribution in [3.8, 4) is 5.75 Å². The summed E-state index contributed by atoms with van der Waals surface area (Å²) in [5.74, 6) is 1.69. The second kappa shape index (κ2) is 9.19. The number of carbonyl (C=O) groups is 1. The first-order valence-corrected chi connectivity index (χ1v) is 9.06. The highest BCUT2D eigenvalue weighted by Gasteiger charge is 2.21. The molecule has 8 heteroatoms. The summed E-state index contributed by atoms with van der Waals surface area (Å²) in [5, 5.41) is 9.74. The zero-order valence-electron chi connectivity index (χ0n) is 15.1. The van der Waals surface area contributed by atoms with Crippen LogP contribution in [0.2, 0.25) is 0 Å². The van der Waals surface area contributed by atoms with Crippen LogP contribution in [0.25, 0.3) is 0 Å². The molecule has 1 aliphatic heterocycles. The molecule has 26 heavy (non-hydrogen) atoms. The van der Waals surface area contributed by atoms with Crippen LogP contribution in [0, 0.1) is 0 Å². The largest absolute Gasteiger partial charge is 0.493 e. The molecule has 0 atom stereocenters. The molecule has 2 heterocycles. The van der Waals surface area contributed by atoms with Crippen LogP contribution in [-0.2, 0) is 13.1 Å². The Hall–Kier alpha value is -2.61. The van der Waals surface area contributed by atoms with Gasteiger partial charge >= 0.3 is 6.03 Å². The molecule has 2 aromatic rings. The molecular weight excluding hydrogens is 332 g/mol. The van der Waals surface area contributed by atoms with E-state index < -0.39 is 0 Å².